The Kier molecular flexibility index (Phi) is 12.0. The summed E-state index contributed by atoms with van der Waals surface area (Å²) in [5.41, 5.74) is 9.01. The van der Waals surface area contributed by atoms with E-state index in [1.807, 2.05) is 30.1 Å². The molecule has 38 heavy (non-hydrogen) atoms. The molecule has 3 aromatic rings. The van der Waals surface area contributed by atoms with Crippen molar-refractivity contribution in [2.75, 3.05) is 19.6 Å². The number of carboxylic acid groups (broad SMARTS) is 1. The van der Waals surface area contributed by atoms with Gasteiger partial charge in [-0.15, -0.1) is 0 Å². The molecule has 0 aliphatic carbocycles. The number of aryl methyl sites for hydroxylation is 1. The third kappa shape index (κ3) is 10.0. The molecule has 0 radical (unpaired) electrons. The van der Waals surface area contributed by atoms with E-state index < -0.39 is 12.1 Å². The number of aromatic nitrogens is 1. The molecule has 2 aromatic carbocycles. The van der Waals surface area contributed by atoms with Crippen LogP contribution in [0.2, 0.25) is 0 Å². The fraction of sp³-hybridized carbons (Fsp3) is 0.357. The van der Waals surface area contributed by atoms with Crippen molar-refractivity contribution < 1.29 is 27.9 Å². The SMILES string of the molecule is CCCN(CC)NC(=O)/C=C/c1ccc(CNCCc2c(C)[nH]c3ccccc23)cc1.O=C(O)C(F)(F)F. The lowest BCUT2D eigenvalue weighted by molar-refractivity contribution is -0.192. The molecular weight excluding hydrogens is 497 g/mol. The Morgan fingerprint density at radius 1 is 1.08 bits per heavy atom. The van der Waals surface area contributed by atoms with Crippen molar-refractivity contribution >= 4 is 28.9 Å². The molecule has 206 valence electrons. The van der Waals surface area contributed by atoms with E-state index in [2.05, 4.69) is 66.0 Å². The second-order valence-corrected chi connectivity index (χ2v) is 8.63. The predicted octanol–water partition coefficient (Wildman–Crippen LogP) is 5.22. The van der Waals surface area contributed by atoms with Crippen LogP contribution in [0.15, 0.2) is 54.6 Å². The van der Waals surface area contributed by atoms with Gasteiger partial charge in [0.05, 0.1) is 0 Å². The maximum atomic E-state index is 12.1. The van der Waals surface area contributed by atoms with E-state index >= 15 is 0 Å². The first kappa shape index (κ1) is 30.6. The smallest absolute Gasteiger partial charge is 0.475 e. The number of aliphatic carboxylic acids is 1. The lowest BCUT2D eigenvalue weighted by Gasteiger charge is -2.19. The van der Waals surface area contributed by atoms with Crippen molar-refractivity contribution in [2.45, 2.75) is 46.3 Å². The predicted molar refractivity (Wildman–Crippen MR) is 143 cm³/mol. The zero-order valence-corrected chi connectivity index (χ0v) is 21.9. The Morgan fingerprint density at radius 2 is 1.74 bits per heavy atom. The second kappa shape index (κ2) is 14.9. The molecule has 0 aliphatic heterocycles. The zero-order chi connectivity index (χ0) is 28.1. The number of benzene rings is 2. The van der Waals surface area contributed by atoms with Gasteiger partial charge in [0.2, 0.25) is 0 Å². The molecule has 0 atom stereocenters. The summed E-state index contributed by atoms with van der Waals surface area (Å²) in [7, 11) is 0. The number of hydrazine groups is 1. The Morgan fingerprint density at radius 3 is 2.34 bits per heavy atom. The number of nitrogens with zero attached hydrogens (tertiary/aromatic N) is 1. The largest absolute Gasteiger partial charge is 0.490 e. The summed E-state index contributed by atoms with van der Waals surface area (Å²) in [6, 6.07) is 16.8. The Bertz CT molecular complexity index is 1200. The maximum absolute atomic E-state index is 12.1. The quantitative estimate of drug-likeness (QED) is 0.154. The minimum atomic E-state index is -5.08. The van der Waals surface area contributed by atoms with E-state index in [-0.39, 0.29) is 5.91 Å². The number of carbonyl (C=O) groups excluding carboxylic acids is 1. The Hall–Kier alpha value is -3.63. The van der Waals surface area contributed by atoms with Crippen LogP contribution in [0.25, 0.3) is 17.0 Å². The van der Waals surface area contributed by atoms with Crippen LogP contribution < -0.4 is 10.7 Å². The Labute approximate surface area is 220 Å². The van der Waals surface area contributed by atoms with Gasteiger partial charge in [0.1, 0.15) is 0 Å². The molecule has 1 aromatic heterocycles. The van der Waals surface area contributed by atoms with Crippen molar-refractivity contribution in [1.29, 1.82) is 0 Å². The molecule has 0 bridgehead atoms. The number of amides is 1. The maximum Gasteiger partial charge on any atom is 0.490 e. The number of para-hydroxylation sites is 1. The number of carbonyl (C=O) groups is 2. The minimum absolute atomic E-state index is 0.0892. The molecule has 0 unspecified atom stereocenters. The first-order chi connectivity index (χ1) is 18.0. The second-order valence-electron chi connectivity index (χ2n) is 8.63. The van der Waals surface area contributed by atoms with E-state index in [1.54, 1.807) is 6.08 Å². The van der Waals surface area contributed by atoms with Gasteiger partial charge in [0.15, 0.2) is 0 Å². The first-order valence-corrected chi connectivity index (χ1v) is 12.4. The number of halogens is 3. The Balaban J connectivity index is 0.000000638. The number of fused-ring (bicyclic) bond motifs is 1. The number of rotatable bonds is 11. The molecule has 4 N–H and O–H groups in total. The summed E-state index contributed by atoms with van der Waals surface area (Å²) in [6.07, 6.45) is 0.370. The van der Waals surface area contributed by atoms with Gasteiger partial charge in [0, 0.05) is 42.3 Å². The highest BCUT2D eigenvalue weighted by Gasteiger charge is 2.38. The van der Waals surface area contributed by atoms with E-state index in [1.165, 1.54) is 27.7 Å². The first-order valence-electron chi connectivity index (χ1n) is 12.4. The molecule has 0 saturated heterocycles. The molecular formula is C28H35F3N4O3. The summed E-state index contributed by atoms with van der Waals surface area (Å²) in [5.74, 6) is -2.85. The summed E-state index contributed by atoms with van der Waals surface area (Å²) >= 11 is 0. The van der Waals surface area contributed by atoms with Gasteiger partial charge in [-0.1, -0.05) is 56.3 Å². The minimum Gasteiger partial charge on any atom is -0.475 e. The topological polar surface area (TPSA) is 97.5 Å². The normalized spacial score (nSPS) is 11.6. The highest BCUT2D eigenvalue weighted by molar-refractivity contribution is 5.91. The van der Waals surface area contributed by atoms with Crippen LogP contribution in [-0.4, -0.2) is 52.8 Å². The van der Waals surface area contributed by atoms with Crippen LogP contribution >= 0.6 is 0 Å². The van der Waals surface area contributed by atoms with Crippen LogP contribution in [0.4, 0.5) is 13.2 Å². The lowest BCUT2D eigenvalue weighted by atomic mass is 10.1. The van der Waals surface area contributed by atoms with E-state index in [4.69, 9.17) is 9.90 Å². The molecule has 10 heteroatoms. The average molecular weight is 533 g/mol. The van der Waals surface area contributed by atoms with Gasteiger partial charge in [0.25, 0.3) is 5.91 Å². The van der Waals surface area contributed by atoms with Crippen molar-refractivity contribution in [3.8, 4) is 0 Å². The molecule has 0 spiro atoms. The summed E-state index contributed by atoms with van der Waals surface area (Å²) in [4.78, 5) is 24.4. The number of H-pyrrole nitrogens is 1. The van der Waals surface area contributed by atoms with Crippen LogP contribution in [-0.2, 0) is 22.6 Å². The van der Waals surface area contributed by atoms with Crippen LogP contribution in [0.1, 0.15) is 42.7 Å². The van der Waals surface area contributed by atoms with Crippen LogP contribution in [0, 0.1) is 6.92 Å². The van der Waals surface area contributed by atoms with E-state index in [0.717, 1.165) is 44.6 Å². The third-order valence-electron chi connectivity index (χ3n) is 5.70. The highest BCUT2D eigenvalue weighted by atomic mass is 19.4. The van der Waals surface area contributed by atoms with Crippen molar-refractivity contribution in [3.05, 3.63) is 77.0 Å². The third-order valence-corrected chi connectivity index (χ3v) is 5.70. The summed E-state index contributed by atoms with van der Waals surface area (Å²) in [5, 5.41) is 13.9. The molecule has 1 heterocycles. The van der Waals surface area contributed by atoms with Crippen molar-refractivity contribution in [3.63, 3.8) is 0 Å². The van der Waals surface area contributed by atoms with Crippen LogP contribution in [0.5, 0.6) is 0 Å². The summed E-state index contributed by atoms with van der Waals surface area (Å²) in [6.45, 7) is 9.70. The van der Waals surface area contributed by atoms with E-state index in [0.29, 0.717) is 0 Å². The van der Waals surface area contributed by atoms with Gasteiger partial charge in [-0.3, -0.25) is 10.2 Å². The number of carboxylic acids is 1. The molecule has 0 saturated carbocycles. The molecule has 3 rings (SSSR count). The van der Waals surface area contributed by atoms with Gasteiger partial charge < -0.3 is 15.4 Å². The molecule has 1 amide bonds. The standard InChI is InChI=1S/C26H34N4O.C2HF3O2/c1-4-18-30(5-2)29-26(31)15-14-21-10-12-22(13-11-21)19-27-17-16-23-20(3)28-25-9-7-6-8-24(23)25;3-2(4,5)1(6)7/h6-15,27-28H,4-5,16-19H2,1-3H3,(H,29,31);(H,6,7)/b15-14+;. The van der Waals surface area contributed by atoms with Gasteiger partial charge in [-0.05, 0) is 55.1 Å². The fourth-order valence-corrected chi connectivity index (χ4v) is 3.78. The van der Waals surface area contributed by atoms with Crippen molar-refractivity contribution in [2.24, 2.45) is 0 Å². The fourth-order valence-electron chi connectivity index (χ4n) is 3.78. The zero-order valence-electron chi connectivity index (χ0n) is 21.9. The monoisotopic (exact) mass is 532 g/mol. The number of aromatic amines is 1. The van der Waals surface area contributed by atoms with E-state index in [9.17, 15) is 18.0 Å². The highest BCUT2D eigenvalue weighted by Crippen LogP contribution is 2.22. The molecule has 0 fully saturated rings. The number of hydrogen-bond donors (Lipinski definition) is 4. The molecule has 0 aliphatic rings. The van der Waals surface area contributed by atoms with Gasteiger partial charge in [-0.2, -0.15) is 13.2 Å². The number of alkyl halides is 3. The van der Waals surface area contributed by atoms with Crippen molar-refractivity contribution in [1.82, 2.24) is 20.7 Å². The average Bonchev–Trinajstić information content (AvgIpc) is 3.20. The lowest BCUT2D eigenvalue weighted by Crippen LogP contribution is -2.41. The summed E-state index contributed by atoms with van der Waals surface area (Å²) < 4.78 is 31.7. The van der Waals surface area contributed by atoms with Crippen LogP contribution in [0.3, 0.4) is 0 Å². The number of nitrogens with one attached hydrogen (secondary N) is 3. The van der Waals surface area contributed by atoms with Gasteiger partial charge in [-0.25, -0.2) is 9.80 Å². The number of hydrogen-bond acceptors (Lipinski definition) is 4. The molecule has 7 nitrogen and oxygen atoms in total. The van der Waals surface area contributed by atoms with Gasteiger partial charge >= 0.3 is 12.1 Å².